The molecule has 1 saturated heterocycles. The van der Waals surface area contributed by atoms with Crippen molar-refractivity contribution in [3.05, 3.63) is 16.0 Å². The maximum Gasteiger partial charge on any atom is 0.260 e. The van der Waals surface area contributed by atoms with E-state index in [0.717, 1.165) is 61.5 Å². The Kier molecular flexibility index (Phi) is 4.11. The molecular formula is C19H27N5OS. The molecule has 0 bridgehead atoms. The molecule has 0 aromatic carbocycles. The summed E-state index contributed by atoms with van der Waals surface area (Å²) in [5.41, 5.74) is 15.2. The van der Waals surface area contributed by atoms with Gasteiger partial charge in [-0.2, -0.15) is 0 Å². The SMILES string of the molecule is CN1CCN(c2nc3sc(C(N)=O)c(N)c3c3c2CCC(C)(C)C3)CC1. The Morgan fingerprint density at radius 2 is 1.88 bits per heavy atom. The number of fused-ring (bicyclic) bond motifs is 3. The molecule has 1 fully saturated rings. The molecule has 4 N–H and O–H groups in total. The van der Waals surface area contributed by atoms with Crippen molar-refractivity contribution in [2.45, 2.75) is 33.1 Å². The monoisotopic (exact) mass is 373 g/mol. The lowest BCUT2D eigenvalue weighted by atomic mass is 9.73. The quantitative estimate of drug-likeness (QED) is 0.843. The van der Waals surface area contributed by atoms with Gasteiger partial charge >= 0.3 is 0 Å². The molecule has 26 heavy (non-hydrogen) atoms. The van der Waals surface area contributed by atoms with E-state index < -0.39 is 5.91 Å². The highest BCUT2D eigenvalue weighted by molar-refractivity contribution is 7.21. The summed E-state index contributed by atoms with van der Waals surface area (Å²) < 4.78 is 0. The van der Waals surface area contributed by atoms with E-state index in [2.05, 4.69) is 30.7 Å². The van der Waals surface area contributed by atoms with Gasteiger partial charge in [0.25, 0.3) is 5.91 Å². The van der Waals surface area contributed by atoms with Gasteiger partial charge in [-0.25, -0.2) is 4.98 Å². The fourth-order valence-electron chi connectivity index (χ4n) is 4.20. The third-order valence-corrected chi connectivity index (χ3v) is 6.92. The van der Waals surface area contributed by atoms with Gasteiger partial charge in [0, 0.05) is 31.6 Å². The van der Waals surface area contributed by atoms with Crippen LogP contribution in [-0.2, 0) is 12.8 Å². The zero-order valence-corrected chi connectivity index (χ0v) is 16.6. The third-order valence-electron chi connectivity index (χ3n) is 5.80. The normalized spacial score (nSPS) is 20.3. The Morgan fingerprint density at radius 1 is 1.19 bits per heavy atom. The van der Waals surface area contributed by atoms with Gasteiger partial charge in [0.1, 0.15) is 15.5 Å². The number of carbonyl (C=O) groups is 1. The van der Waals surface area contributed by atoms with E-state index >= 15 is 0 Å². The summed E-state index contributed by atoms with van der Waals surface area (Å²) in [6.45, 7) is 8.64. The fraction of sp³-hybridized carbons (Fsp3) is 0.579. The second-order valence-corrected chi connectivity index (χ2v) is 9.41. The van der Waals surface area contributed by atoms with Crippen molar-refractivity contribution in [3.8, 4) is 0 Å². The van der Waals surface area contributed by atoms with Gasteiger partial charge < -0.3 is 21.3 Å². The number of primary amides is 1. The van der Waals surface area contributed by atoms with Crippen LogP contribution in [0.2, 0.25) is 0 Å². The molecule has 0 unspecified atom stereocenters. The van der Waals surface area contributed by atoms with Crippen LogP contribution >= 0.6 is 11.3 Å². The van der Waals surface area contributed by atoms with Crippen LogP contribution in [0.3, 0.4) is 0 Å². The number of carbonyl (C=O) groups excluding carboxylic acids is 1. The lowest BCUT2D eigenvalue weighted by molar-refractivity contribution is 0.100. The molecule has 140 valence electrons. The number of amides is 1. The van der Waals surface area contributed by atoms with Crippen LogP contribution in [-0.4, -0.2) is 49.0 Å². The summed E-state index contributed by atoms with van der Waals surface area (Å²) in [5, 5.41) is 0.962. The maximum atomic E-state index is 11.8. The maximum absolute atomic E-state index is 11.8. The van der Waals surface area contributed by atoms with Gasteiger partial charge in [0.15, 0.2) is 0 Å². The molecule has 0 radical (unpaired) electrons. The predicted octanol–water partition coefficient (Wildman–Crippen LogP) is 2.24. The second-order valence-electron chi connectivity index (χ2n) is 8.41. The zero-order chi connectivity index (χ0) is 18.6. The molecule has 2 aromatic rings. The summed E-state index contributed by atoms with van der Waals surface area (Å²) in [6.07, 6.45) is 3.11. The number of thiophene rings is 1. The molecule has 6 nitrogen and oxygen atoms in total. The molecule has 0 spiro atoms. The fourth-order valence-corrected chi connectivity index (χ4v) is 5.18. The second kappa shape index (κ2) is 6.09. The van der Waals surface area contributed by atoms with Crippen LogP contribution in [0.5, 0.6) is 0 Å². The molecule has 3 heterocycles. The van der Waals surface area contributed by atoms with Crippen molar-refractivity contribution in [1.29, 1.82) is 0 Å². The molecule has 1 amide bonds. The van der Waals surface area contributed by atoms with Gasteiger partial charge in [0.2, 0.25) is 0 Å². The van der Waals surface area contributed by atoms with E-state index in [9.17, 15) is 4.79 Å². The van der Waals surface area contributed by atoms with Crippen LogP contribution in [0, 0.1) is 5.41 Å². The molecule has 4 rings (SSSR count). The average Bonchev–Trinajstić information content (AvgIpc) is 2.91. The first-order valence-electron chi connectivity index (χ1n) is 9.24. The standard InChI is InChI=1S/C19H27N5OS/c1-19(2)5-4-11-12(10-19)13-14(20)15(16(21)25)26-18(13)22-17(11)24-8-6-23(3)7-9-24/h4-10,20H2,1-3H3,(H2,21,25). The highest BCUT2D eigenvalue weighted by atomic mass is 32.1. The van der Waals surface area contributed by atoms with Gasteiger partial charge in [0.05, 0.1) is 5.69 Å². The van der Waals surface area contributed by atoms with Crippen molar-refractivity contribution >= 4 is 39.0 Å². The molecule has 7 heteroatoms. The molecule has 0 atom stereocenters. The summed E-state index contributed by atoms with van der Waals surface area (Å²) in [5.74, 6) is 0.629. The number of aromatic nitrogens is 1. The number of piperazine rings is 1. The first-order chi connectivity index (χ1) is 12.3. The van der Waals surface area contributed by atoms with Crippen LogP contribution in [0.15, 0.2) is 0 Å². The number of nitrogens with zero attached hydrogens (tertiary/aromatic N) is 3. The molecule has 1 aliphatic carbocycles. The van der Waals surface area contributed by atoms with E-state index in [1.807, 2.05) is 0 Å². The third kappa shape index (κ3) is 2.83. The molecule has 2 aromatic heterocycles. The molecule has 1 aliphatic heterocycles. The van der Waals surface area contributed by atoms with Crippen molar-refractivity contribution in [2.24, 2.45) is 11.1 Å². The highest BCUT2D eigenvalue weighted by Crippen LogP contribution is 2.45. The van der Waals surface area contributed by atoms with Gasteiger partial charge in [-0.05, 0) is 42.9 Å². The summed E-state index contributed by atoms with van der Waals surface area (Å²) >= 11 is 1.34. The lowest BCUT2D eigenvalue weighted by Gasteiger charge is -2.38. The largest absolute Gasteiger partial charge is 0.397 e. The average molecular weight is 374 g/mol. The lowest BCUT2D eigenvalue weighted by Crippen LogP contribution is -2.45. The molecule has 0 saturated carbocycles. The number of rotatable bonds is 2. The van der Waals surface area contributed by atoms with E-state index in [-0.39, 0.29) is 5.41 Å². The van der Waals surface area contributed by atoms with Crippen molar-refractivity contribution in [3.63, 3.8) is 0 Å². The summed E-state index contributed by atoms with van der Waals surface area (Å²) in [6, 6.07) is 0. The minimum absolute atomic E-state index is 0.224. The first kappa shape index (κ1) is 17.5. The minimum atomic E-state index is -0.463. The van der Waals surface area contributed by atoms with E-state index in [1.165, 1.54) is 22.5 Å². The van der Waals surface area contributed by atoms with E-state index in [4.69, 9.17) is 16.5 Å². The summed E-state index contributed by atoms with van der Waals surface area (Å²) in [7, 11) is 2.16. The first-order valence-corrected chi connectivity index (χ1v) is 10.1. The Hall–Kier alpha value is -1.86. The van der Waals surface area contributed by atoms with Crippen molar-refractivity contribution < 1.29 is 4.79 Å². The number of nitrogens with two attached hydrogens (primary N) is 2. The Balaban J connectivity index is 1.92. The number of pyridine rings is 1. The van der Waals surface area contributed by atoms with Crippen molar-refractivity contribution in [2.75, 3.05) is 43.9 Å². The topological polar surface area (TPSA) is 88.5 Å². The van der Waals surface area contributed by atoms with Crippen LogP contribution in [0.1, 0.15) is 41.1 Å². The minimum Gasteiger partial charge on any atom is -0.397 e. The van der Waals surface area contributed by atoms with Gasteiger partial charge in [-0.15, -0.1) is 11.3 Å². The highest BCUT2D eigenvalue weighted by Gasteiger charge is 2.33. The number of hydrogen-bond acceptors (Lipinski definition) is 6. The molecule has 2 aliphatic rings. The van der Waals surface area contributed by atoms with Crippen LogP contribution in [0.4, 0.5) is 11.5 Å². The van der Waals surface area contributed by atoms with Gasteiger partial charge in [-0.3, -0.25) is 4.79 Å². The van der Waals surface area contributed by atoms with E-state index in [1.54, 1.807) is 0 Å². The Bertz CT molecular complexity index is 880. The number of nitrogen functional groups attached to an aromatic ring is 1. The van der Waals surface area contributed by atoms with Crippen molar-refractivity contribution in [1.82, 2.24) is 9.88 Å². The van der Waals surface area contributed by atoms with Crippen LogP contribution in [0.25, 0.3) is 10.2 Å². The van der Waals surface area contributed by atoms with Gasteiger partial charge in [-0.1, -0.05) is 13.8 Å². The van der Waals surface area contributed by atoms with E-state index in [0.29, 0.717) is 10.6 Å². The number of likely N-dealkylation sites (N-methyl/N-ethyl adjacent to an activating group) is 1. The zero-order valence-electron chi connectivity index (χ0n) is 15.8. The number of hydrogen-bond donors (Lipinski definition) is 2. The van der Waals surface area contributed by atoms with Crippen LogP contribution < -0.4 is 16.4 Å². The Morgan fingerprint density at radius 3 is 2.54 bits per heavy atom. The predicted molar refractivity (Wildman–Crippen MR) is 108 cm³/mol. The summed E-state index contributed by atoms with van der Waals surface area (Å²) in [4.78, 5) is 22.8. The smallest absolute Gasteiger partial charge is 0.260 e. The molecular weight excluding hydrogens is 346 g/mol. The Labute approximate surface area is 158 Å². The number of anilines is 2.